The zero-order valence-corrected chi connectivity index (χ0v) is 17.6. The lowest BCUT2D eigenvalue weighted by Gasteiger charge is -2.37. The molecule has 0 amide bonds. The van der Waals surface area contributed by atoms with Gasteiger partial charge in [-0.25, -0.2) is 9.67 Å². The molecule has 4 atom stereocenters. The van der Waals surface area contributed by atoms with E-state index in [0.717, 1.165) is 63.1 Å². The fourth-order valence-corrected chi connectivity index (χ4v) is 5.09. The third-order valence-electron chi connectivity index (χ3n) is 6.71. The average Bonchev–Trinajstić information content (AvgIpc) is 3.06. The smallest absolute Gasteiger partial charge is 0.120 e. The van der Waals surface area contributed by atoms with E-state index in [4.69, 9.17) is 4.74 Å². The fourth-order valence-electron chi connectivity index (χ4n) is 5.09. The van der Waals surface area contributed by atoms with E-state index in [2.05, 4.69) is 55.1 Å². The lowest BCUT2D eigenvalue weighted by Crippen LogP contribution is -2.38. The van der Waals surface area contributed by atoms with Gasteiger partial charge in [-0.1, -0.05) is 5.21 Å². The van der Waals surface area contributed by atoms with Gasteiger partial charge >= 0.3 is 0 Å². The van der Waals surface area contributed by atoms with E-state index in [9.17, 15) is 0 Å². The predicted octanol–water partition coefficient (Wildman–Crippen LogP) is 1.94. The highest BCUT2D eigenvalue weighted by atomic mass is 16.5. The van der Waals surface area contributed by atoms with E-state index in [1.165, 1.54) is 12.8 Å². The van der Waals surface area contributed by atoms with Crippen LogP contribution in [0, 0.1) is 17.8 Å². The highest BCUT2D eigenvalue weighted by Gasteiger charge is 2.44. The number of ether oxygens (including phenoxy) is 1. The summed E-state index contributed by atoms with van der Waals surface area (Å²) in [5, 5.41) is 8.93. The maximum Gasteiger partial charge on any atom is 0.120 e. The maximum absolute atomic E-state index is 6.48. The van der Waals surface area contributed by atoms with Crippen molar-refractivity contribution in [3.63, 3.8) is 0 Å². The second-order valence-electron chi connectivity index (χ2n) is 9.53. The number of aromatic nitrogens is 5. The Morgan fingerprint density at radius 3 is 2.76 bits per heavy atom. The Kier molecular flexibility index (Phi) is 5.41. The van der Waals surface area contributed by atoms with Gasteiger partial charge in [0.25, 0.3) is 0 Å². The van der Waals surface area contributed by atoms with E-state index < -0.39 is 0 Å². The van der Waals surface area contributed by atoms with Crippen molar-refractivity contribution in [2.45, 2.75) is 50.9 Å². The molecule has 8 nitrogen and oxygen atoms in total. The minimum atomic E-state index is 0.245. The molecule has 29 heavy (non-hydrogen) atoms. The Hall–Kier alpha value is -1.77. The third-order valence-corrected chi connectivity index (χ3v) is 6.71. The highest BCUT2D eigenvalue weighted by Crippen LogP contribution is 2.43. The third kappa shape index (κ3) is 4.54. The number of nitrogens with zero attached hydrogens (tertiary/aromatic N) is 6. The van der Waals surface area contributed by atoms with Crippen LogP contribution in [0.2, 0.25) is 0 Å². The zero-order chi connectivity index (χ0) is 19.8. The second-order valence-corrected chi connectivity index (χ2v) is 9.53. The van der Waals surface area contributed by atoms with Crippen molar-refractivity contribution in [1.82, 2.24) is 34.8 Å². The Balaban J connectivity index is 1.28. The summed E-state index contributed by atoms with van der Waals surface area (Å²) in [6.07, 6.45) is 11.0. The van der Waals surface area contributed by atoms with E-state index >= 15 is 0 Å². The summed E-state index contributed by atoms with van der Waals surface area (Å²) in [6, 6.07) is 0.293. The number of nitrogens with one attached hydrogen (secondary N) is 1. The average molecular weight is 400 g/mol. The Morgan fingerprint density at radius 2 is 2.03 bits per heavy atom. The molecule has 0 unspecified atom stereocenters. The van der Waals surface area contributed by atoms with Crippen LogP contribution in [0.15, 0.2) is 18.6 Å². The molecule has 3 heterocycles. The quantitative estimate of drug-likeness (QED) is 0.731. The van der Waals surface area contributed by atoms with Gasteiger partial charge in [0.15, 0.2) is 0 Å². The first-order valence-electron chi connectivity index (χ1n) is 11.0. The van der Waals surface area contributed by atoms with Crippen LogP contribution in [0.25, 0.3) is 0 Å². The van der Waals surface area contributed by atoms with Crippen molar-refractivity contribution < 1.29 is 4.74 Å². The van der Waals surface area contributed by atoms with Crippen LogP contribution in [0.5, 0.6) is 0 Å². The van der Waals surface area contributed by atoms with E-state index in [1.54, 1.807) is 0 Å². The maximum atomic E-state index is 6.48. The van der Waals surface area contributed by atoms with Crippen molar-refractivity contribution in [2.24, 2.45) is 17.8 Å². The predicted molar refractivity (Wildman–Crippen MR) is 109 cm³/mol. The number of likely N-dealkylation sites (tertiary alicyclic amines) is 1. The van der Waals surface area contributed by atoms with Crippen molar-refractivity contribution >= 4 is 0 Å². The molecular formula is C21H33N7O. The van der Waals surface area contributed by atoms with Crippen LogP contribution >= 0.6 is 0 Å². The molecule has 0 spiro atoms. The number of fused-ring (bicyclic) bond motifs is 1. The van der Waals surface area contributed by atoms with Crippen LogP contribution in [-0.4, -0.2) is 74.7 Å². The lowest BCUT2D eigenvalue weighted by molar-refractivity contribution is -0.0375. The highest BCUT2D eigenvalue weighted by molar-refractivity contribution is 5.00. The largest absolute Gasteiger partial charge is 0.376 e. The van der Waals surface area contributed by atoms with Crippen molar-refractivity contribution in [1.29, 1.82) is 0 Å². The van der Waals surface area contributed by atoms with Crippen LogP contribution in [0.1, 0.15) is 43.2 Å². The molecule has 2 saturated carbocycles. The molecule has 8 heteroatoms. The van der Waals surface area contributed by atoms with Gasteiger partial charge in [-0.3, -0.25) is 4.90 Å². The SMILES string of the molecule is CN(C)Cc1cn([C@@H]2C[C@@H]3CN(Cc4ncc[nH]4)C[C@@H]3C[C@H]2OCC2CC2)nn1. The Bertz CT molecular complexity index is 785. The standard InChI is InChI=1S/C21H33N7O/c1-26(2)11-18-12-28(25-24-18)19-7-16-9-27(13-21-22-5-6-23-21)10-17(16)8-20(19)29-14-15-3-4-15/h5-6,12,15-17,19-20H,3-4,7-11,13-14H2,1-2H3,(H,22,23)/t16-,17+,19-,20-/m1/s1. The van der Waals surface area contributed by atoms with Gasteiger partial charge in [-0.15, -0.1) is 5.10 Å². The summed E-state index contributed by atoms with van der Waals surface area (Å²) in [5.41, 5.74) is 1.03. The molecule has 2 aromatic heterocycles. The van der Waals surface area contributed by atoms with Gasteiger partial charge in [0.2, 0.25) is 0 Å². The number of H-pyrrole nitrogens is 1. The Labute approximate surface area is 172 Å². The van der Waals surface area contributed by atoms with Gasteiger partial charge in [0.1, 0.15) is 5.82 Å². The monoisotopic (exact) mass is 399 g/mol. The molecule has 2 aromatic rings. The number of aromatic amines is 1. The van der Waals surface area contributed by atoms with Crippen LogP contribution in [0.4, 0.5) is 0 Å². The first-order chi connectivity index (χ1) is 14.1. The van der Waals surface area contributed by atoms with E-state index in [0.29, 0.717) is 17.9 Å². The fraction of sp³-hybridized carbons (Fsp3) is 0.762. The molecule has 1 N–H and O–H groups in total. The number of hydrogen-bond acceptors (Lipinski definition) is 6. The molecule has 158 valence electrons. The lowest BCUT2D eigenvalue weighted by atomic mass is 9.77. The summed E-state index contributed by atoms with van der Waals surface area (Å²) in [6.45, 7) is 4.92. The number of imidazole rings is 1. The topological polar surface area (TPSA) is 75.1 Å². The van der Waals surface area contributed by atoms with Gasteiger partial charge in [-0.05, 0) is 57.5 Å². The molecule has 1 aliphatic heterocycles. The molecule has 1 saturated heterocycles. The molecule has 0 radical (unpaired) electrons. The van der Waals surface area contributed by atoms with Crippen molar-refractivity contribution in [3.8, 4) is 0 Å². The van der Waals surface area contributed by atoms with Crippen LogP contribution in [-0.2, 0) is 17.8 Å². The number of hydrogen-bond donors (Lipinski definition) is 1. The summed E-state index contributed by atoms with van der Waals surface area (Å²) < 4.78 is 8.58. The first-order valence-corrected chi connectivity index (χ1v) is 11.0. The molecule has 2 aliphatic carbocycles. The summed E-state index contributed by atoms with van der Waals surface area (Å²) in [5.74, 6) is 3.24. The summed E-state index contributed by atoms with van der Waals surface area (Å²) in [4.78, 5) is 12.3. The van der Waals surface area contributed by atoms with Crippen LogP contribution in [0.3, 0.4) is 0 Å². The minimum absolute atomic E-state index is 0.245. The van der Waals surface area contributed by atoms with Crippen LogP contribution < -0.4 is 0 Å². The molecule has 3 fully saturated rings. The molecule has 3 aliphatic rings. The van der Waals surface area contributed by atoms with E-state index in [1.807, 2.05) is 12.4 Å². The van der Waals surface area contributed by atoms with Crippen molar-refractivity contribution in [2.75, 3.05) is 33.8 Å². The molecule has 5 rings (SSSR count). The zero-order valence-electron chi connectivity index (χ0n) is 17.6. The van der Waals surface area contributed by atoms with Gasteiger partial charge in [-0.2, -0.15) is 0 Å². The number of rotatable bonds is 8. The summed E-state index contributed by atoms with van der Waals surface area (Å²) >= 11 is 0. The van der Waals surface area contributed by atoms with Crippen molar-refractivity contribution in [3.05, 3.63) is 30.1 Å². The molecule has 0 aromatic carbocycles. The normalized spacial score (nSPS) is 30.2. The minimum Gasteiger partial charge on any atom is -0.376 e. The van der Waals surface area contributed by atoms with Gasteiger partial charge in [0.05, 0.1) is 30.6 Å². The second kappa shape index (κ2) is 8.16. The Morgan fingerprint density at radius 1 is 1.21 bits per heavy atom. The van der Waals surface area contributed by atoms with Gasteiger partial charge in [0, 0.05) is 38.6 Å². The molecule has 0 bridgehead atoms. The van der Waals surface area contributed by atoms with E-state index in [-0.39, 0.29) is 6.10 Å². The summed E-state index contributed by atoms with van der Waals surface area (Å²) in [7, 11) is 4.13. The van der Waals surface area contributed by atoms with Gasteiger partial charge < -0.3 is 14.6 Å². The molecular weight excluding hydrogens is 366 g/mol. The first kappa shape index (κ1) is 19.2.